The van der Waals surface area contributed by atoms with Crippen LogP contribution >= 0.6 is 0 Å². The Morgan fingerprint density at radius 3 is 2.41 bits per heavy atom. The zero-order valence-corrected chi connectivity index (χ0v) is 18.0. The number of carbonyl (C=O) groups excluding carboxylic acids is 2. The number of alkyl halides is 3. The second-order valence-electron chi connectivity index (χ2n) is 7.82. The molecule has 0 aliphatic carbocycles. The van der Waals surface area contributed by atoms with Crippen LogP contribution in [0.25, 0.3) is 0 Å². The number of benzene rings is 2. The van der Waals surface area contributed by atoms with Crippen LogP contribution in [0.2, 0.25) is 0 Å². The molecule has 4 rings (SSSR count). The van der Waals surface area contributed by atoms with Crippen molar-refractivity contribution in [1.29, 1.82) is 0 Å². The number of hydrogen-bond donors (Lipinski definition) is 0. The summed E-state index contributed by atoms with van der Waals surface area (Å²) in [5, 5.41) is 0. The normalized spacial score (nSPS) is 20.4. The highest BCUT2D eigenvalue weighted by Gasteiger charge is 2.41. The van der Waals surface area contributed by atoms with Gasteiger partial charge in [0.05, 0.1) is 17.2 Å². The van der Waals surface area contributed by atoms with Gasteiger partial charge >= 0.3 is 6.18 Å². The number of piperidine rings is 1. The number of likely N-dealkylation sites (tertiary alicyclic amines) is 1. The molecule has 0 radical (unpaired) electrons. The van der Waals surface area contributed by atoms with Gasteiger partial charge in [-0.05, 0) is 62.1 Å². The lowest BCUT2D eigenvalue weighted by Crippen LogP contribution is -2.38. The monoisotopic (exact) mass is 466 g/mol. The first-order valence-corrected chi connectivity index (χ1v) is 11.7. The summed E-state index contributed by atoms with van der Waals surface area (Å²) >= 11 is 0. The SMILES string of the molecule is CCN1C(=O)c2ccc(C(=O)N3CCCCC3c3ccc(C(F)(F)F)cc3)cc2S1(=O)=O. The summed E-state index contributed by atoms with van der Waals surface area (Å²) in [7, 11) is -4.01. The molecule has 2 aromatic carbocycles. The van der Waals surface area contributed by atoms with E-state index in [-0.39, 0.29) is 22.6 Å². The van der Waals surface area contributed by atoms with Crippen LogP contribution in [0.1, 0.15) is 64.1 Å². The van der Waals surface area contributed by atoms with Crippen LogP contribution in [0.4, 0.5) is 13.2 Å². The van der Waals surface area contributed by atoms with Crippen LogP contribution in [0.5, 0.6) is 0 Å². The largest absolute Gasteiger partial charge is 0.416 e. The molecular formula is C22H21F3N2O4S. The number of hydrogen-bond acceptors (Lipinski definition) is 4. The lowest BCUT2D eigenvalue weighted by molar-refractivity contribution is -0.137. The van der Waals surface area contributed by atoms with Crippen molar-refractivity contribution >= 4 is 21.8 Å². The zero-order chi connectivity index (χ0) is 23.3. The molecule has 2 aliphatic rings. The van der Waals surface area contributed by atoms with Crippen LogP contribution in [0.3, 0.4) is 0 Å². The molecule has 0 saturated carbocycles. The number of nitrogens with zero attached hydrogens (tertiary/aromatic N) is 2. The Bertz CT molecular complexity index is 1180. The number of carbonyl (C=O) groups is 2. The van der Waals surface area contributed by atoms with Gasteiger partial charge in [0.15, 0.2) is 0 Å². The van der Waals surface area contributed by atoms with Crippen molar-refractivity contribution in [3.8, 4) is 0 Å². The van der Waals surface area contributed by atoms with Gasteiger partial charge in [-0.3, -0.25) is 9.59 Å². The highest BCUT2D eigenvalue weighted by Crippen LogP contribution is 2.36. The smallest absolute Gasteiger partial charge is 0.332 e. The second-order valence-corrected chi connectivity index (χ2v) is 9.65. The van der Waals surface area contributed by atoms with Gasteiger partial charge in [0.2, 0.25) is 0 Å². The van der Waals surface area contributed by atoms with E-state index in [4.69, 9.17) is 0 Å². The maximum atomic E-state index is 13.3. The average Bonchev–Trinajstić information content (AvgIpc) is 2.97. The maximum Gasteiger partial charge on any atom is 0.416 e. The molecule has 0 N–H and O–H groups in total. The van der Waals surface area contributed by atoms with Gasteiger partial charge < -0.3 is 4.90 Å². The van der Waals surface area contributed by atoms with Crippen LogP contribution in [0.15, 0.2) is 47.4 Å². The molecule has 2 aliphatic heterocycles. The molecule has 1 atom stereocenters. The fraction of sp³-hybridized carbons (Fsp3) is 0.364. The Balaban J connectivity index is 1.66. The highest BCUT2D eigenvalue weighted by atomic mass is 32.2. The van der Waals surface area contributed by atoms with Crippen molar-refractivity contribution in [2.45, 2.75) is 43.3 Å². The minimum Gasteiger partial charge on any atom is -0.332 e. The van der Waals surface area contributed by atoms with Crippen molar-refractivity contribution in [3.05, 3.63) is 64.7 Å². The van der Waals surface area contributed by atoms with E-state index in [0.717, 1.165) is 29.3 Å². The Morgan fingerprint density at radius 2 is 1.78 bits per heavy atom. The number of amides is 2. The molecule has 0 aromatic heterocycles. The zero-order valence-electron chi connectivity index (χ0n) is 17.2. The van der Waals surface area contributed by atoms with E-state index in [2.05, 4.69) is 0 Å². The Morgan fingerprint density at radius 1 is 1.09 bits per heavy atom. The quantitative estimate of drug-likeness (QED) is 0.678. The standard InChI is InChI=1S/C22H21F3N2O4S/c1-2-27-21(29)17-11-8-15(13-19(17)32(27,30)31)20(28)26-12-4-3-5-18(26)14-6-9-16(10-7-14)22(23,24)25/h6-11,13,18H,2-5,12H2,1H3. The summed E-state index contributed by atoms with van der Waals surface area (Å²) < 4.78 is 64.8. The molecule has 2 heterocycles. The Kier molecular flexibility index (Phi) is 5.52. The van der Waals surface area contributed by atoms with Crippen molar-refractivity contribution in [3.63, 3.8) is 0 Å². The molecule has 6 nitrogen and oxygen atoms in total. The molecule has 10 heteroatoms. The van der Waals surface area contributed by atoms with Gasteiger partial charge in [0, 0.05) is 18.7 Å². The fourth-order valence-electron chi connectivity index (χ4n) is 4.30. The third-order valence-corrected chi connectivity index (χ3v) is 7.83. The van der Waals surface area contributed by atoms with E-state index in [0.29, 0.717) is 18.5 Å². The fourth-order valence-corrected chi connectivity index (χ4v) is 5.91. The van der Waals surface area contributed by atoms with Crippen LogP contribution in [-0.2, 0) is 16.2 Å². The number of fused-ring (bicyclic) bond motifs is 1. The van der Waals surface area contributed by atoms with Crippen molar-refractivity contribution in [2.24, 2.45) is 0 Å². The van der Waals surface area contributed by atoms with Gasteiger partial charge in [-0.2, -0.15) is 13.2 Å². The molecule has 1 unspecified atom stereocenters. The molecule has 0 bridgehead atoms. The van der Waals surface area contributed by atoms with E-state index < -0.39 is 39.6 Å². The van der Waals surface area contributed by atoms with Gasteiger partial charge in [0.1, 0.15) is 4.90 Å². The molecule has 0 spiro atoms. The Hall–Kier alpha value is -2.88. The molecule has 2 aromatic rings. The molecule has 1 fully saturated rings. The second kappa shape index (κ2) is 7.91. The molecule has 1 saturated heterocycles. The third-order valence-electron chi connectivity index (χ3n) is 5.93. The number of halogens is 3. The number of sulfonamides is 1. The van der Waals surface area contributed by atoms with Crippen molar-refractivity contribution in [2.75, 3.05) is 13.1 Å². The van der Waals surface area contributed by atoms with Gasteiger partial charge in [-0.1, -0.05) is 12.1 Å². The molecule has 2 amide bonds. The summed E-state index contributed by atoms with van der Waals surface area (Å²) in [4.78, 5) is 27.0. The first-order valence-electron chi connectivity index (χ1n) is 10.2. The van der Waals surface area contributed by atoms with Gasteiger partial charge in [-0.15, -0.1) is 0 Å². The third kappa shape index (κ3) is 3.66. The van der Waals surface area contributed by atoms with Crippen LogP contribution < -0.4 is 0 Å². The predicted octanol–water partition coefficient (Wildman–Crippen LogP) is 4.24. The van der Waals surface area contributed by atoms with Crippen molar-refractivity contribution in [1.82, 2.24) is 9.21 Å². The van der Waals surface area contributed by atoms with E-state index in [1.165, 1.54) is 30.3 Å². The lowest BCUT2D eigenvalue weighted by atomic mass is 9.93. The lowest BCUT2D eigenvalue weighted by Gasteiger charge is -2.36. The van der Waals surface area contributed by atoms with Gasteiger partial charge in [-0.25, -0.2) is 12.7 Å². The summed E-state index contributed by atoms with van der Waals surface area (Å²) in [6, 6.07) is 8.32. The van der Waals surface area contributed by atoms with E-state index in [1.807, 2.05) is 0 Å². The minimum absolute atomic E-state index is 0.0127. The van der Waals surface area contributed by atoms with Crippen LogP contribution in [0, 0.1) is 0 Å². The topological polar surface area (TPSA) is 74.8 Å². The Labute approximate surface area is 183 Å². The summed E-state index contributed by atoms with van der Waals surface area (Å²) in [6.07, 6.45) is -2.31. The summed E-state index contributed by atoms with van der Waals surface area (Å²) in [5.41, 5.74) is -0.0192. The minimum atomic E-state index is -4.44. The molecule has 170 valence electrons. The molecule has 32 heavy (non-hydrogen) atoms. The summed E-state index contributed by atoms with van der Waals surface area (Å²) in [5.74, 6) is -1.04. The highest BCUT2D eigenvalue weighted by molar-refractivity contribution is 7.90. The first-order chi connectivity index (χ1) is 15.1. The maximum absolute atomic E-state index is 13.3. The first kappa shape index (κ1) is 22.3. The predicted molar refractivity (Wildman–Crippen MR) is 109 cm³/mol. The van der Waals surface area contributed by atoms with Crippen molar-refractivity contribution < 1.29 is 31.2 Å². The number of rotatable bonds is 3. The average molecular weight is 466 g/mol. The summed E-state index contributed by atoms with van der Waals surface area (Å²) in [6.45, 7) is 1.94. The van der Waals surface area contributed by atoms with Gasteiger partial charge in [0.25, 0.3) is 21.8 Å². The molecular weight excluding hydrogens is 445 g/mol. The van der Waals surface area contributed by atoms with E-state index in [1.54, 1.807) is 11.8 Å². The van der Waals surface area contributed by atoms with Crippen LogP contribution in [-0.4, -0.2) is 42.5 Å². The van der Waals surface area contributed by atoms with E-state index >= 15 is 0 Å². The van der Waals surface area contributed by atoms with E-state index in [9.17, 15) is 31.2 Å².